The van der Waals surface area contributed by atoms with Crippen LogP contribution in [0.2, 0.25) is 0 Å². The molecule has 0 spiro atoms. The molecule has 0 N–H and O–H groups in total. The number of amides is 1. The summed E-state index contributed by atoms with van der Waals surface area (Å²) in [6.45, 7) is 5.18. The monoisotopic (exact) mass is 471 g/mol. The number of para-hydroxylation sites is 1. The minimum absolute atomic E-state index is 0.0144. The maximum Gasteiger partial charge on any atom is 0.257 e. The molecule has 0 bridgehead atoms. The number of aryl methyl sites for hydroxylation is 1. The molecule has 0 saturated carbocycles. The second kappa shape index (κ2) is 9.76. The highest BCUT2D eigenvalue weighted by Gasteiger charge is 2.26. The van der Waals surface area contributed by atoms with Crippen LogP contribution in [0, 0.1) is 6.92 Å². The molecule has 2 aromatic heterocycles. The number of carbonyl (C=O) groups excluding carboxylic acids is 1. The van der Waals surface area contributed by atoms with Gasteiger partial charge in [-0.25, -0.2) is 9.50 Å². The molecule has 0 unspecified atom stereocenters. The molecule has 5 rings (SSSR count). The van der Waals surface area contributed by atoms with E-state index in [1.165, 1.54) is 5.69 Å². The van der Waals surface area contributed by atoms with Gasteiger partial charge in [0, 0.05) is 45.2 Å². The molecule has 8 nitrogen and oxygen atoms in total. The van der Waals surface area contributed by atoms with Crippen molar-refractivity contribution < 1.29 is 14.3 Å². The zero-order valence-electron chi connectivity index (χ0n) is 20.3. The van der Waals surface area contributed by atoms with E-state index in [2.05, 4.69) is 17.0 Å². The fraction of sp³-hybridized carbons (Fsp3) is 0.296. The number of rotatable bonds is 6. The summed E-state index contributed by atoms with van der Waals surface area (Å²) in [5.41, 5.74) is 5.86. The van der Waals surface area contributed by atoms with E-state index in [1.54, 1.807) is 24.9 Å². The Morgan fingerprint density at radius 3 is 2.34 bits per heavy atom. The Kier molecular flexibility index (Phi) is 6.37. The maximum atomic E-state index is 13.5. The quantitative estimate of drug-likeness (QED) is 0.426. The van der Waals surface area contributed by atoms with Gasteiger partial charge in [-0.15, -0.1) is 0 Å². The summed E-state index contributed by atoms with van der Waals surface area (Å²) in [5.74, 6) is 0.766. The van der Waals surface area contributed by atoms with Crippen molar-refractivity contribution in [3.8, 4) is 16.9 Å². The minimum atomic E-state index is -0.0144. The summed E-state index contributed by atoms with van der Waals surface area (Å²) in [4.78, 5) is 22.4. The lowest BCUT2D eigenvalue weighted by molar-refractivity contribution is 0.0745. The van der Waals surface area contributed by atoms with Crippen LogP contribution < -0.4 is 9.64 Å². The van der Waals surface area contributed by atoms with Crippen molar-refractivity contribution in [1.29, 1.82) is 0 Å². The Morgan fingerprint density at radius 2 is 1.69 bits per heavy atom. The molecule has 8 heteroatoms. The Balaban J connectivity index is 1.43. The molecule has 180 valence electrons. The zero-order valence-corrected chi connectivity index (χ0v) is 20.3. The second-order valence-electron chi connectivity index (χ2n) is 8.59. The predicted octanol–water partition coefficient (Wildman–Crippen LogP) is 3.82. The van der Waals surface area contributed by atoms with E-state index in [0.717, 1.165) is 41.4 Å². The third-order valence-electron chi connectivity index (χ3n) is 6.54. The van der Waals surface area contributed by atoms with E-state index < -0.39 is 0 Å². The molecular formula is C27H29N5O3. The van der Waals surface area contributed by atoms with Gasteiger partial charge in [0.15, 0.2) is 5.65 Å². The van der Waals surface area contributed by atoms with Gasteiger partial charge in [-0.3, -0.25) is 4.79 Å². The van der Waals surface area contributed by atoms with Crippen LogP contribution in [0.3, 0.4) is 0 Å². The van der Waals surface area contributed by atoms with Crippen molar-refractivity contribution in [2.24, 2.45) is 0 Å². The largest absolute Gasteiger partial charge is 0.497 e. The second-order valence-corrected chi connectivity index (χ2v) is 8.59. The lowest BCUT2D eigenvalue weighted by Crippen LogP contribution is -2.49. The van der Waals surface area contributed by atoms with Gasteiger partial charge < -0.3 is 19.3 Å². The number of aromatic nitrogens is 3. The summed E-state index contributed by atoms with van der Waals surface area (Å²) in [6.07, 6.45) is 1.68. The number of methoxy groups -OCH3 is 2. The maximum absolute atomic E-state index is 13.5. The first-order chi connectivity index (χ1) is 17.1. The molecule has 0 aliphatic carbocycles. The average Bonchev–Trinajstić information content (AvgIpc) is 3.28. The first-order valence-electron chi connectivity index (χ1n) is 11.7. The van der Waals surface area contributed by atoms with Crippen LogP contribution >= 0.6 is 0 Å². The highest BCUT2D eigenvalue weighted by atomic mass is 16.5. The summed E-state index contributed by atoms with van der Waals surface area (Å²) in [5, 5.41) is 4.78. The smallest absolute Gasteiger partial charge is 0.257 e. The fourth-order valence-corrected chi connectivity index (χ4v) is 4.62. The van der Waals surface area contributed by atoms with E-state index in [1.807, 2.05) is 54.3 Å². The van der Waals surface area contributed by atoms with Crippen molar-refractivity contribution in [1.82, 2.24) is 19.5 Å². The van der Waals surface area contributed by atoms with Gasteiger partial charge in [0.05, 0.1) is 36.2 Å². The number of hydrogen-bond acceptors (Lipinski definition) is 6. The predicted molar refractivity (Wildman–Crippen MR) is 135 cm³/mol. The third kappa shape index (κ3) is 4.33. The van der Waals surface area contributed by atoms with Crippen molar-refractivity contribution in [3.05, 3.63) is 77.7 Å². The highest BCUT2D eigenvalue weighted by Crippen LogP contribution is 2.31. The number of benzene rings is 2. The summed E-state index contributed by atoms with van der Waals surface area (Å²) < 4.78 is 12.5. The van der Waals surface area contributed by atoms with Crippen LogP contribution in [0.5, 0.6) is 5.75 Å². The SMILES string of the molecule is COCc1nn2c(C)c(C(=O)N3CCN(c4ccccc4)CC3)cnc2c1-c1ccc(OC)cc1. The number of hydrogen-bond donors (Lipinski definition) is 0. The molecule has 4 aromatic rings. The summed E-state index contributed by atoms with van der Waals surface area (Å²) in [7, 11) is 3.29. The van der Waals surface area contributed by atoms with Crippen LogP contribution in [-0.2, 0) is 11.3 Å². The van der Waals surface area contributed by atoms with Crippen molar-refractivity contribution in [2.45, 2.75) is 13.5 Å². The van der Waals surface area contributed by atoms with Gasteiger partial charge in [-0.2, -0.15) is 5.10 Å². The molecule has 0 radical (unpaired) electrons. The fourth-order valence-electron chi connectivity index (χ4n) is 4.62. The molecule has 1 aliphatic rings. The Labute approximate surface area is 204 Å². The van der Waals surface area contributed by atoms with Gasteiger partial charge in [0.1, 0.15) is 5.75 Å². The lowest BCUT2D eigenvalue weighted by atomic mass is 10.1. The van der Waals surface area contributed by atoms with E-state index in [9.17, 15) is 4.79 Å². The Bertz CT molecular complexity index is 1330. The molecular weight excluding hydrogens is 442 g/mol. The topological polar surface area (TPSA) is 72.2 Å². The van der Waals surface area contributed by atoms with Crippen molar-refractivity contribution in [3.63, 3.8) is 0 Å². The highest BCUT2D eigenvalue weighted by molar-refractivity contribution is 5.96. The van der Waals surface area contributed by atoms with Gasteiger partial charge >= 0.3 is 0 Å². The van der Waals surface area contributed by atoms with Crippen molar-refractivity contribution in [2.75, 3.05) is 45.3 Å². The average molecular weight is 472 g/mol. The number of nitrogens with zero attached hydrogens (tertiary/aromatic N) is 5. The van der Waals surface area contributed by atoms with Crippen LogP contribution in [0.4, 0.5) is 5.69 Å². The van der Waals surface area contributed by atoms with Crippen LogP contribution in [-0.4, -0.2) is 65.8 Å². The molecule has 1 fully saturated rings. The normalized spacial score (nSPS) is 13.9. The molecule has 1 amide bonds. The van der Waals surface area contributed by atoms with Gasteiger partial charge in [-0.05, 0) is 36.8 Å². The zero-order chi connectivity index (χ0) is 24.4. The molecule has 1 aliphatic heterocycles. The van der Waals surface area contributed by atoms with Crippen molar-refractivity contribution >= 4 is 17.2 Å². The number of anilines is 1. The van der Waals surface area contributed by atoms with E-state index in [0.29, 0.717) is 30.9 Å². The third-order valence-corrected chi connectivity index (χ3v) is 6.54. The number of piperazine rings is 1. The van der Waals surface area contributed by atoms with Crippen LogP contribution in [0.15, 0.2) is 60.8 Å². The summed E-state index contributed by atoms with van der Waals surface area (Å²) in [6, 6.07) is 18.1. The minimum Gasteiger partial charge on any atom is -0.497 e. The van der Waals surface area contributed by atoms with E-state index in [-0.39, 0.29) is 5.91 Å². The first kappa shape index (κ1) is 22.9. The molecule has 35 heavy (non-hydrogen) atoms. The van der Waals surface area contributed by atoms with Gasteiger partial charge in [0.2, 0.25) is 0 Å². The molecule has 2 aromatic carbocycles. The Hall–Kier alpha value is -3.91. The first-order valence-corrected chi connectivity index (χ1v) is 11.7. The number of carbonyl (C=O) groups is 1. The number of fused-ring (bicyclic) bond motifs is 1. The Morgan fingerprint density at radius 1 is 0.971 bits per heavy atom. The van der Waals surface area contributed by atoms with E-state index >= 15 is 0 Å². The van der Waals surface area contributed by atoms with E-state index in [4.69, 9.17) is 19.6 Å². The summed E-state index contributed by atoms with van der Waals surface area (Å²) >= 11 is 0. The standard InChI is InChI=1S/C27H29N5O3/c1-19-23(27(33)31-15-13-30(14-16-31)21-7-5-4-6-8-21)17-28-26-25(24(18-34-2)29-32(19)26)20-9-11-22(35-3)12-10-20/h4-12,17H,13-16,18H2,1-3H3. The molecule has 1 saturated heterocycles. The molecule has 0 atom stereocenters. The number of ether oxygens (including phenoxy) is 2. The molecule has 3 heterocycles. The van der Waals surface area contributed by atoms with Crippen LogP contribution in [0.25, 0.3) is 16.8 Å². The van der Waals surface area contributed by atoms with Crippen LogP contribution in [0.1, 0.15) is 21.7 Å². The lowest BCUT2D eigenvalue weighted by Gasteiger charge is -2.36. The van der Waals surface area contributed by atoms with Gasteiger partial charge in [0.25, 0.3) is 5.91 Å². The van der Waals surface area contributed by atoms with Gasteiger partial charge in [-0.1, -0.05) is 30.3 Å².